The summed E-state index contributed by atoms with van der Waals surface area (Å²) in [6.07, 6.45) is 5.18. The first-order valence-corrected chi connectivity index (χ1v) is 8.11. The van der Waals surface area contributed by atoms with Crippen LogP contribution in [0, 0.1) is 0 Å². The van der Waals surface area contributed by atoms with Gasteiger partial charge >= 0.3 is 0 Å². The smallest absolute Gasteiger partial charge is 0.257 e. The Labute approximate surface area is 146 Å². The van der Waals surface area contributed by atoms with Crippen molar-refractivity contribution in [2.75, 3.05) is 6.61 Å². The number of imidazole rings is 1. The van der Waals surface area contributed by atoms with E-state index in [1.807, 2.05) is 55.1 Å². The van der Waals surface area contributed by atoms with Crippen molar-refractivity contribution in [1.29, 1.82) is 0 Å². The molecule has 0 saturated carbocycles. The van der Waals surface area contributed by atoms with Crippen molar-refractivity contribution in [2.45, 2.75) is 13.0 Å². The van der Waals surface area contributed by atoms with Crippen molar-refractivity contribution >= 4 is 5.91 Å². The zero-order valence-electron chi connectivity index (χ0n) is 14.2. The molecule has 0 fully saturated rings. The molecule has 3 aromatic rings. The Morgan fingerprint density at radius 3 is 2.64 bits per heavy atom. The van der Waals surface area contributed by atoms with Gasteiger partial charge in [-0.2, -0.15) is 0 Å². The van der Waals surface area contributed by atoms with Gasteiger partial charge in [-0.25, -0.2) is 9.97 Å². The molecule has 2 aromatic heterocycles. The summed E-state index contributed by atoms with van der Waals surface area (Å²) in [5.74, 6) is 0.823. The normalized spacial score (nSPS) is 11.8. The molecule has 1 unspecified atom stereocenters. The molecule has 0 aliphatic carbocycles. The molecule has 2 heterocycles. The summed E-state index contributed by atoms with van der Waals surface area (Å²) in [5.41, 5.74) is 1.35. The molecular formula is C19H20N4O2. The summed E-state index contributed by atoms with van der Waals surface area (Å²) in [6, 6.07) is 12.8. The van der Waals surface area contributed by atoms with Gasteiger partial charge in [0.2, 0.25) is 5.88 Å². The van der Waals surface area contributed by atoms with E-state index >= 15 is 0 Å². The first kappa shape index (κ1) is 16.7. The van der Waals surface area contributed by atoms with Crippen LogP contribution in [0.4, 0.5) is 0 Å². The Hall–Kier alpha value is -3.15. The fourth-order valence-corrected chi connectivity index (χ4v) is 2.62. The summed E-state index contributed by atoms with van der Waals surface area (Å²) < 4.78 is 7.36. The highest BCUT2D eigenvalue weighted by atomic mass is 16.5. The molecule has 6 heteroatoms. The average molecular weight is 336 g/mol. The number of amides is 1. The minimum Gasteiger partial charge on any atom is -0.477 e. The predicted octanol–water partition coefficient (Wildman–Crippen LogP) is 2.73. The Bertz CT molecular complexity index is 845. The zero-order valence-corrected chi connectivity index (χ0v) is 14.2. The van der Waals surface area contributed by atoms with E-state index in [9.17, 15) is 4.79 Å². The monoisotopic (exact) mass is 336 g/mol. The maximum Gasteiger partial charge on any atom is 0.257 e. The number of aromatic nitrogens is 3. The van der Waals surface area contributed by atoms with Gasteiger partial charge in [0.1, 0.15) is 17.4 Å². The standard InChI is InChI=1S/C19H20N4O2/c1-3-25-19-15(10-7-11-21-19)18(24)22-16(14-8-5-4-6-9-14)17-20-12-13-23(17)2/h4-13,16H,3H2,1-2H3,(H,22,24). The minimum absolute atomic E-state index is 0.256. The number of nitrogens with zero attached hydrogens (tertiary/aromatic N) is 3. The number of pyridine rings is 1. The lowest BCUT2D eigenvalue weighted by Crippen LogP contribution is -2.31. The Kier molecular flexibility index (Phi) is 5.09. The van der Waals surface area contributed by atoms with Gasteiger partial charge in [-0.3, -0.25) is 4.79 Å². The molecule has 0 aliphatic heterocycles. The Morgan fingerprint density at radius 1 is 1.16 bits per heavy atom. The summed E-state index contributed by atoms with van der Waals surface area (Å²) >= 11 is 0. The first-order valence-electron chi connectivity index (χ1n) is 8.11. The molecule has 0 radical (unpaired) electrons. The third-order valence-electron chi connectivity index (χ3n) is 3.82. The molecular weight excluding hydrogens is 316 g/mol. The molecule has 1 N–H and O–H groups in total. The SMILES string of the molecule is CCOc1ncccc1C(=O)NC(c1ccccc1)c1nccn1C. The number of hydrogen-bond acceptors (Lipinski definition) is 4. The summed E-state index contributed by atoms with van der Waals surface area (Å²) in [6.45, 7) is 2.30. The van der Waals surface area contributed by atoms with Crippen molar-refractivity contribution in [1.82, 2.24) is 19.9 Å². The fourth-order valence-electron chi connectivity index (χ4n) is 2.62. The van der Waals surface area contributed by atoms with Crippen molar-refractivity contribution in [3.63, 3.8) is 0 Å². The van der Waals surface area contributed by atoms with Crippen LogP contribution in [0.3, 0.4) is 0 Å². The Balaban J connectivity index is 1.94. The van der Waals surface area contributed by atoms with E-state index in [1.165, 1.54) is 0 Å². The fraction of sp³-hybridized carbons (Fsp3) is 0.211. The molecule has 0 aliphatic rings. The third-order valence-corrected chi connectivity index (χ3v) is 3.82. The number of hydrogen-bond donors (Lipinski definition) is 1. The van der Waals surface area contributed by atoms with Crippen molar-refractivity contribution in [3.8, 4) is 5.88 Å². The molecule has 6 nitrogen and oxygen atoms in total. The maximum absolute atomic E-state index is 12.9. The molecule has 0 bridgehead atoms. The lowest BCUT2D eigenvalue weighted by atomic mass is 10.1. The van der Waals surface area contributed by atoms with Crippen molar-refractivity contribution < 1.29 is 9.53 Å². The summed E-state index contributed by atoms with van der Waals surface area (Å²) in [5, 5.41) is 3.05. The van der Waals surface area contributed by atoms with Crippen LogP contribution >= 0.6 is 0 Å². The number of carbonyl (C=O) groups excluding carboxylic acids is 1. The largest absolute Gasteiger partial charge is 0.477 e. The van der Waals surface area contributed by atoms with Gasteiger partial charge in [0.15, 0.2) is 0 Å². The topological polar surface area (TPSA) is 69.0 Å². The van der Waals surface area contributed by atoms with Crippen LogP contribution < -0.4 is 10.1 Å². The second kappa shape index (κ2) is 7.61. The van der Waals surface area contributed by atoms with Crippen LogP contribution in [0.15, 0.2) is 61.1 Å². The van der Waals surface area contributed by atoms with E-state index in [0.717, 1.165) is 11.4 Å². The predicted molar refractivity (Wildman–Crippen MR) is 94.4 cm³/mol. The first-order chi connectivity index (χ1) is 12.2. The van der Waals surface area contributed by atoms with Crippen LogP contribution in [-0.4, -0.2) is 27.0 Å². The number of carbonyl (C=O) groups is 1. The number of nitrogens with one attached hydrogen (secondary N) is 1. The van der Waals surface area contributed by atoms with Gasteiger partial charge in [0.25, 0.3) is 5.91 Å². The number of benzene rings is 1. The van der Waals surface area contributed by atoms with E-state index in [0.29, 0.717) is 18.1 Å². The van der Waals surface area contributed by atoms with Gasteiger partial charge in [-0.05, 0) is 24.6 Å². The average Bonchev–Trinajstić information content (AvgIpc) is 3.07. The van der Waals surface area contributed by atoms with E-state index < -0.39 is 0 Å². The summed E-state index contributed by atoms with van der Waals surface area (Å²) in [7, 11) is 1.90. The summed E-state index contributed by atoms with van der Waals surface area (Å²) in [4.78, 5) is 21.4. The molecule has 1 amide bonds. The molecule has 1 aromatic carbocycles. The highest BCUT2D eigenvalue weighted by Gasteiger charge is 2.23. The quantitative estimate of drug-likeness (QED) is 0.751. The van der Waals surface area contributed by atoms with Crippen LogP contribution in [-0.2, 0) is 7.05 Å². The van der Waals surface area contributed by atoms with Gasteiger partial charge < -0.3 is 14.6 Å². The molecule has 25 heavy (non-hydrogen) atoms. The van der Waals surface area contributed by atoms with Crippen LogP contribution in [0.1, 0.15) is 34.7 Å². The van der Waals surface area contributed by atoms with E-state index in [4.69, 9.17) is 4.74 Å². The lowest BCUT2D eigenvalue weighted by molar-refractivity contribution is 0.0936. The molecule has 3 rings (SSSR count). The van der Waals surface area contributed by atoms with Gasteiger partial charge in [-0.15, -0.1) is 0 Å². The van der Waals surface area contributed by atoms with Gasteiger partial charge in [0.05, 0.1) is 6.61 Å². The van der Waals surface area contributed by atoms with Crippen LogP contribution in [0.2, 0.25) is 0 Å². The number of aryl methyl sites for hydroxylation is 1. The lowest BCUT2D eigenvalue weighted by Gasteiger charge is -2.19. The van der Waals surface area contributed by atoms with Crippen LogP contribution in [0.25, 0.3) is 0 Å². The maximum atomic E-state index is 12.9. The van der Waals surface area contributed by atoms with E-state index in [-0.39, 0.29) is 11.9 Å². The van der Waals surface area contributed by atoms with Crippen LogP contribution in [0.5, 0.6) is 5.88 Å². The Morgan fingerprint density at radius 2 is 1.96 bits per heavy atom. The third kappa shape index (κ3) is 3.68. The number of rotatable bonds is 6. The zero-order chi connectivity index (χ0) is 17.6. The van der Waals surface area contributed by atoms with E-state index in [2.05, 4.69) is 15.3 Å². The molecule has 0 spiro atoms. The molecule has 0 saturated heterocycles. The van der Waals surface area contributed by atoms with Gasteiger partial charge in [0, 0.05) is 25.6 Å². The highest BCUT2D eigenvalue weighted by Crippen LogP contribution is 2.22. The second-order valence-corrected chi connectivity index (χ2v) is 5.50. The van der Waals surface area contributed by atoms with E-state index in [1.54, 1.807) is 24.5 Å². The number of ether oxygens (including phenoxy) is 1. The van der Waals surface area contributed by atoms with Gasteiger partial charge in [-0.1, -0.05) is 30.3 Å². The van der Waals surface area contributed by atoms with Crippen molar-refractivity contribution in [2.24, 2.45) is 7.05 Å². The molecule has 128 valence electrons. The minimum atomic E-state index is -0.372. The van der Waals surface area contributed by atoms with Crippen molar-refractivity contribution in [3.05, 3.63) is 78.0 Å². The highest BCUT2D eigenvalue weighted by molar-refractivity contribution is 5.96. The second-order valence-electron chi connectivity index (χ2n) is 5.50. The molecule has 1 atom stereocenters.